The van der Waals surface area contributed by atoms with Crippen molar-refractivity contribution in [2.75, 3.05) is 39.4 Å². The van der Waals surface area contributed by atoms with E-state index < -0.39 is 47.8 Å². The molecule has 13 heteroatoms. The highest BCUT2D eigenvalue weighted by Gasteiger charge is 2.50. The Kier molecular flexibility index (Phi) is 9.51. The number of aromatic nitrogens is 3. The summed E-state index contributed by atoms with van der Waals surface area (Å²) < 4.78 is 21.1. The van der Waals surface area contributed by atoms with Crippen molar-refractivity contribution in [2.24, 2.45) is 17.3 Å². The molecule has 2 aliphatic rings. The number of para-hydroxylation sites is 1. The van der Waals surface area contributed by atoms with Gasteiger partial charge in [0, 0.05) is 26.2 Å². The number of amides is 3. The minimum absolute atomic E-state index is 0.0120. The number of hydrogen-bond acceptors (Lipinski definition) is 7. The zero-order valence-corrected chi connectivity index (χ0v) is 24.9. The van der Waals surface area contributed by atoms with E-state index in [1.165, 1.54) is 23.1 Å². The SMILES string of the molecule is CC(C)CN(C(=O)c1nnn(-c2ccccc2F)c1CO)[C@H]1C[C@@H](C(=O)N2CCOCC2)CN(C(=O)O)C1C(C)(C)C. The fourth-order valence-electron chi connectivity index (χ4n) is 6.14. The Bertz CT molecular complexity index is 1290. The molecule has 0 radical (unpaired) electrons. The van der Waals surface area contributed by atoms with Crippen LogP contribution in [-0.2, 0) is 16.1 Å². The van der Waals surface area contributed by atoms with Crippen molar-refractivity contribution in [1.82, 2.24) is 29.7 Å². The van der Waals surface area contributed by atoms with Crippen LogP contribution < -0.4 is 0 Å². The number of aliphatic hydroxyl groups excluding tert-OH is 1. The number of nitrogens with zero attached hydrogens (tertiary/aromatic N) is 6. The third-order valence-electron chi connectivity index (χ3n) is 7.87. The van der Waals surface area contributed by atoms with E-state index in [4.69, 9.17) is 4.74 Å². The number of likely N-dealkylation sites (tertiary alicyclic amines) is 1. The minimum atomic E-state index is -1.17. The van der Waals surface area contributed by atoms with Crippen molar-refractivity contribution in [2.45, 2.75) is 59.7 Å². The lowest BCUT2D eigenvalue weighted by molar-refractivity contribution is -0.144. The number of piperidine rings is 1. The Balaban J connectivity index is 1.79. The van der Waals surface area contributed by atoms with Gasteiger partial charge in [0.1, 0.15) is 17.2 Å². The van der Waals surface area contributed by atoms with Crippen LogP contribution in [0.4, 0.5) is 9.18 Å². The van der Waals surface area contributed by atoms with E-state index in [1.807, 2.05) is 34.6 Å². The van der Waals surface area contributed by atoms with Gasteiger partial charge in [0.15, 0.2) is 5.69 Å². The third-order valence-corrected chi connectivity index (χ3v) is 7.87. The molecule has 3 amide bonds. The summed E-state index contributed by atoms with van der Waals surface area (Å²) in [6.45, 7) is 10.9. The van der Waals surface area contributed by atoms with Gasteiger partial charge in [0.25, 0.3) is 5.91 Å². The minimum Gasteiger partial charge on any atom is -0.465 e. The van der Waals surface area contributed by atoms with Crippen LogP contribution in [0.5, 0.6) is 0 Å². The Morgan fingerprint density at radius 3 is 2.40 bits per heavy atom. The first-order chi connectivity index (χ1) is 19.8. The Morgan fingerprint density at radius 1 is 1.17 bits per heavy atom. The van der Waals surface area contributed by atoms with Crippen LogP contribution in [0.25, 0.3) is 5.69 Å². The van der Waals surface area contributed by atoms with Gasteiger partial charge in [0.05, 0.1) is 37.8 Å². The summed E-state index contributed by atoms with van der Waals surface area (Å²) in [5.41, 5.74) is -0.714. The number of benzene rings is 1. The number of carbonyl (C=O) groups excluding carboxylic acids is 2. The number of ether oxygens (including phenoxy) is 1. The van der Waals surface area contributed by atoms with Gasteiger partial charge in [-0.1, -0.05) is 52.0 Å². The monoisotopic (exact) mass is 588 g/mol. The first kappa shape index (κ1) is 31.4. The second-order valence-corrected chi connectivity index (χ2v) is 12.4. The van der Waals surface area contributed by atoms with Gasteiger partial charge < -0.3 is 29.6 Å². The Morgan fingerprint density at radius 2 is 1.83 bits per heavy atom. The van der Waals surface area contributed by atoms with Crippen LogP contribution >= 0.6 is 0 Å². The number of carboxylic acid groups (broad SMARTS) is 1. The van der Waals surface area contributed by atoms with Crippen LogP contribution in [0.15, 0.2) is 24.3 Å². The van der Waals surface area contributed by atoms with E-state index in [-0.39, 0.29) is 48.4 Å². The molecule has 0 spiro atoms. The number of hydrogen-bond donors (Lipinski definition) is 2. The molecule has 1 aromatic heterocycles. The van der Waals surface area contributed by atoms with Crippen LogP contribution in [0, 0.1) is 23.1 Å². The van der Waals surface area contributed by atoms with Crippen LogP contribution in [0.1, 0.15) is 57.2 Å². The highest BCUT2D eigenvalue weighted by atomic mass is 19.1. The van der Waals surface area contributed by atoms with Gasteiger partial charge in [-0.25, -0.2) is 13.9 Å². The molecule has 12 nitrogen and oxygen atoms in total. The number of aliphatic hydroxyl groups is 1. The first-order valence-corrected chi connectivity index (χ1v) is 14.3. The quantitative estimate of drug-likeness (QED) is 0.503. The van der Waals surface area contributed by atoms with Crippen molar-refractivity contribution >= 4 is 17.9 Å². The second-order valence-electron chi connectivity index (χ2n) is 12.4. The standard InChI is InChI=1S/C29H41FN6O6/c1-18(2)15-34(27(39)24-23(17-37)36(32-31-24)21-9-7-6-8-20(21)30)22-14-19(26(38)33-10-12-42-13-11-33)16-35(28(40)41)25(22)29(3,4)5/h6-9,18-19,22,25,37H,10-17H2,1-5H3,(H,40,41)/t19-,22+,25?/m1/s1. The molecule has 0 bridgehead atoms. The van der Waals surface area contributed by atoms with Gasteiger partial charge in [-0.05, 0) is 29.9 Å². The summed E-state index contributed by atoms with van der Waals surface area (Å²) in [5.74, 6) is -2.03. The smallest absolute Gasteiger partial charge is 0.407 e. The lowest BCUT2D eigenvalue weighted by atomic mass is 9.74. The molecule has 3 heterocycles. The number of morpholine rings is 1. The highest BCUT2D eigenvalue weighted by Crippen LogP contribution is 2.38. The van der Waals surface area contributed by atoms with Crippen LogP contribution in [-0.4, -0.2) is 109 Å². The fourth-order valence-corrected chi connectivity index (χ4v) is 6.14. The maximum atomic E-state index is 14.6. The van der Waals surface area contributed by atoms with Gasteiger partial charge >= 0.3 is 6.09 Å². The predicted molar refractivity (Wildman–Crippen MR) is 150 cm³/mol. The topological polar surface area (TPSA) is 141 Å². The Hall–Kier alpha value is -3.58. The number of halogens is 1. The predicted octanol–water partition coefficient (Wildman–Crippen LogP) is 2.64. The van der Waals surface area contributed by atoms with Crippen LogP contribution in [0.2, 0.25) is 0 Å². The molecule has 2 saturated heterocycles. The van der Waals surface area contributed by atoms with Gasteiger partial charge in [0.2, 0.25) is 5.91 Å². The van der Waals surface area contributed by atoms with Gasteiger partial charge in [-0.3, -0.25) is 9.59 Å². The van der Waals surface area contributed by atoms with E-state index in [2.05, 4.69) is 10.3 Å². The zero-order chi connectivity index (χ0) is 30.8. The second kappa shape index (κ2) is 12.7. The van der Waals surface area contributed by atoms with Crippen molar-refractivity contribution in [1.29, 1.82) is 0 Å². The van der Waals surface area contributed by atoms with E-state index in [0.717, 1.165) is 4.68 Å². The zero-order valence-electron chi connectivity index (χ0n) is 24.9. The maximum absolute atomic E-state index is 14.6. The molecule has 0 aliphatic carbocycles. The van der Waals surface area contributed by atoms with Gasteiger partial charge in [-0.15, -0.1) is 5.10 Å². The van der Waals surface area contributed by atoms with Crippen molar-refractivity contribution in [3.8, 4) is 5.69 Å². The van der Waals surface area contributed by atoms with E-state index in [1.54, 1.807) is 15.9 Å². The van der Waals surface area contributed by atoms with E-state index in [9.17, 15) is 29.0 Å². The molecule has 2 aliphatic heterocycles. The van der Waals surface area contributed by atoms with Crippen molar-refractivity contribution < 1.29 is 33.7 Å². The molecule has 230 valence electrons. The van der Waals surface area contributed by atoms with E-state index in [0.29, 0.717) is 26.3 Å². The molecule has 3 atom stereocenters. The molecule has 4 rings (SSSR count). The molecule has 1 aromatic carbocycles. The maximum Gasteiger partial charge on any atom is 0.407 e. The average molecular weight is 589 g/mol. The highest BCUT2D eigenvalue weighted by molar-refractivity contribution is 5.94. The summed E-state index contributed by atoms with van der Waals surface area (Å²) in [7, 11) is 0. The lowest BCUT2D eigenvalue weighted by Gasteiger charge is -2.52. The summed E-state index contributed by atoms with van der Waals surface area (Å²) in [5, 5.41) is 28.7. The molecule has 2 N–H and O–H groups in total. The number of rotatable bonds is 7. The summed E-state index contributed by atoms with van der Waals surface area (Å²) in [6.07, 6.45) is -0.922. The summed E-state index contributed by atoms with van der Waals surface area (Å²) in [4.78, 5) is 45.2. The Labute approximate surface area is 245 Å². The molecule has 42 heavy (non-hydrogen) atoms. The third kappa shape index (κ3) is 6.41. The van der Waals surface area contributed by atoms with Crippen molar-refractivity contribution in [3.05, 3.63) is 41.5 Å². The van der Waals surface area contributed by atoms with E-state index >= 15 is 0 Å². The molecular weight excluding hydrogens is 547 g/mol. The molecule has 2 fully saturated rings. The largest absolute Gasteiger partial charge is 0.465 e. The summed E-state index contributed by atoms with van der Waals surface area (Å²) in [6, 6.07) is 4.49. The fraction of sp³-hybridized carbons (Fsp3) is 0.621. The van der Waals surface area contributed by atoms with Gasteiger partial charge in [-0.2, -0.15) is 0 Å². The average Bonchev–Trinajstić information content (AvgIpc) is 3.38. The summed E-state index contributed by atoms with van der Waals surface area (Å²) >= 11 is 0. The van der Waals surface area contributed by atoms with Crippen LogP contribution in [0.3, 0.4) is 0 Å². The molecule has 2 aromatic rings. The molecule has 0 saturated carbocycles. The molecular formula is C29H41FN6O6. The molecule has 1 unspecified atom stereocenters. The lowest BCUT2D eigenvalue weighted by Crippen LogP contribution is -2.66. The first-order valence-electron chi connectivity index (χ1n) is 14.3. The van der Waals surface area contributed by atoms with Crippen molar-refractivity contribution in [3.63, 3.8) is 0 Å². The number of carbonyl (C=O) groups is 3. The normalized spacial score (nSPS) is 21.5.